The van der Waals surface area contributed by atoms with Crippen LogP contribution >= 0.6 is 0 Å². The summed E-state index contributed by atoms with van der Waals surface area (Å²) in [6.07, 6.45) is 1.84. The normalized spacial score (nSPS) is 15.3. The van der Waals surface area contributed by atoms with Crippen LogP contribution in [0.25, 0.3) is 10.9 Å². The van der Waals surface area contributed by atoms with Gasteiger partial charge in [0, 0.05) is 51.9 Å². The van der Waals surface area contributed by atoms with Gasteiger partial charge in [0.15, 0.2) is 11.4 Å². The molecule has 1 amide bonds. The molecule has 12 nitrogen and oxygen atoms in total. The number of pyridine rings is 1. The first kappa shape index (κ1) is 39.8. The van der Waals surface area contributed by atoms with E-state index in [2.05, 4.69) is 64.7 Å². The molecule has 278 valence electrons. The minimum Gasteiger partial charge on any atom is -0.399 e. The van der Waals surface area contributed by atoms with E-state index >= 15 is 0 Å². The number of rotatable bonds is 11. The van der Waals surface area contributed by atoms with Gasteiger partial charge in [-0.05, 0) is 45.9 Å². The topological polar surface area (TPSA) is 141 Å². The number of halogens is 1. The van der Waals surface area contributed by atoms with Crippen LogP contribution in [-0.2, 0) is 36.2 Å². The number of carbonyl (C=O) groups is 1. The van der Waals surface area contributed by atoms with Gasteiger partial charge >= 0.3 is 0 Å². The number of aromatic nitrogens is 1. The van der Waals surface area contributed by atoms with Gasteiger partial charge < -0.3 is 24.7 Å². The van der Waals surface area contributed by atoms with Crippen molar-refractivity contribution in [2.45, 2.75) is 59.1 Å². The molecule has 0 saturated carbocycles. The Balaban J connectivity index is 0.000000237. The van der Waals surface area contributed by atoms with Crippen LogP contribution in [0, 0.1) is 5.82 Å². The number of fused-ring (bicyclic) bond motifs is 2. The zero-order chi connectivity index (χ0) is 38.8. The largest absolute Gasteiger partial charge is 0.399 e. The van der Waals surface area contributed by atoms with Crippen LogP contribution in [0.3, 0.4) is 0 Å². The van der Waals surface area contributed by atoms with Gasteiger partial charge in [-0.1, -0.05) is 89.1 Å². The predicted octanol–water partition coefficient (Wildman–Crippen LogP) is 6.98. The molecule has 0 aliphatic carbocycles. The van der Waals surface area contributed by atoms with E-state index in [0.717, 1.165) is 33.3 Å². The van der Waals surface area contributed by atoms with Crippen molar-refractivity contribution in [1.29, 1.82) is 0 Å². The lowest BCUT2D eigenvalue weighted by Gasteiger charge is -2.44. The van der Waals surface area contributed by atoms with Crippen LogP contribution in [0.2, 0.25) is 0 Å². The molecule has 2 heterocycles. The van der Waals surface area contributed by atoms with Gasteiger partial charge in [0.25, 0.3) is 5.91 Å². The highest BCUT2D eigenvalue weighted by Crippen LogP contribution is 2.45. The third kappa shape index (κ3) is 8.91. The molecule has 0 bridgehead atoms. The minimum absolute atomic E-state index is 0.0912. The van der Waals surface area contributed by atoms with E-state index in [0.29, 0.717) is 28.3 Å². The van der Waals surface area contributed by atoms with Gasteiger partial charge in [-0.15, -0.1) is 0 Å². The Labute approximate surface area is 309 Å². The first-order valence-electron chi connectivity index (χ1n) is 16.8. The van der Waals surface area contributed by atoms with Crippen molar-refractivity contribution in [2.24, 2.45) is 25.6 Å². The number of oxime groups is 4. The minimum atomic E-state index is -0.427. The number of hydrogen-bond donors (Lipinski definition) is 1. The maximum Gasteiger partial charge on any atom is 0.273 e. The molecule has 4 aromatic rings. The monoisotopic (exact) mass is 723 g/mol. The lowest BCUT2D eigenvalue weighted by atomic mass is 9.65. The highest BCUT2D eigenvalue weighted by Gasteiger charge is 2.45. The van der Waals surface area contributed by atoms with E-state index in [9.17, 15) is 9.18 Å². The molecule has 1 aliphatic heterocycles. The average molecular weight is 724 g/mol. The van der Waals surface area contributed by atoms with Crippen LogP contribution in [0.4, 0.5) is 4.39 Å². The third-order valence-corrected chi connectivity index (χ3v) is 9.09. The predicted molar refractivity (Wildman–Crippen MR) is 207 cm³/mol. The summed E-state index contributed by atoms with van der Waals surface area (Å²) in [5.41, 5.74) is 6.15. The zero-order valence-electron chi connectivity index (χ0n) is 31.8. The lowest BCUT2D eigenvalue weighted by Crippen LogP contribution is -2.46. The average Bonchev–Trinajstić information content (AvgIpc) is 3.14. The first-order valence-corrected chi connectivity index (χ1v) is 16.8. The fourth-order valence-electron chi connectivity index (χ4n) is 5.77. The molecular formula is C40H46FN7O5. The molecule has 1 aromatic heterocycles. The number of para-hydroxylation sites is 1. The van der Waals surface area contributed by atoms with Crippen LogP contribution < -0.4 is 5.32 Å². The van der Waals surface area contributed by atoms with E-state index in [4.69, 9.17) is 24.3 Å². The van der Waals surface area contributed by atoms with E-state index in [1.807, 2.05) is 42.6 Å². The number of aliphatic imine (C=N–C) groups is 1. The summed E-state index contributed by atoms with van der Waals surface area (Å²) in [6, 6.07) is 22.5. The first-order chi connectivity index (χ1) is 25.3. The van der Waals surface area contributed by atoms with Gasteiger partial charge in [0.05, 0.1) is 16.8 Å². The highest BCUT2D eigenvalue weighted by atomic mass is 19.1. The molecule has 1 N–H and O–H groups in total. The third-order valence-electron chi connectivity index (χ3n) is 9.09. The number of benzene rings is 3. The summed E-state index contributed by atoms with van der Waals surface area (Å²) in [6.45, 7) is 11.7. The summed E-state index contributed by atoms with van der Waals surface area (Å²) in [4.78, 5) is 41.5. The number of nitrogens with zero attached hydrogens (tertiary/aromatic N) is 6. The Hall–Kier alpha value is -5.98. The van der Waals surface area contributed by atoms with Crippen molar-refractivity contribution >= 4 is 45.4 Å². The Bertz CT molecular complexity index is 2100. The summed E-state index contributed by atoms with van der Waals surface area (Å²) in [7, 11) is 5.73. The molecular weight excluding hydrogens is 677 g/mol. The number of nitrogens with one attached hydrogen (secondary N) is 1. The number of likely N-dealkylation sites (N-methyl/N-ethyl adjacent to an activating group) is 1. The van der Waals surface area contributed by atoms with Gasteiger partial charge in [0.1, 0.15) is 45.2 Å². The summed E-state index contributed by atoms with van der Waals surface area (Å²) >= 11 is 0. The van der Waals surface area contributed by atoms with E-state index in [-0.39, 0.29) is 24.0 Å². The highest BCUT2D eigenvalue weighted by molar-refractivity contribution is 6.67. The molecule has 0 atom stereocenters. The van der Waals surface area contributed by atoms with Gasteiger partial charge in [-0.2, -0.15) is 0 Å². The molecule has 53 heavy (non-hydrogen) atoms. The molecule has 1 aliphatic rings. The van der Waals surface area contributed by atoms with Crippen molar-refractivity contribution in [3.05, 3.63) is 113 Å². The maximum absolute atomic E-state index is 14.8. The van der Waals surface area contributed by atoms with Crippen molar-refractivity contribution in [3.63, 3.8) is 0 Å². The van der Waals surface area contributed by atoms with Gasteiger partial charge in [-0.25, -0.2) is 4.39 Å². The van der Waals surface area contributed by atoms with Gasteiger partial charge in [-0.3, -0.25) is 14.8 Å². The molecule has 0 fully saturated rings. The quantitative estimate of drug-likeness (QED) is 0.131. The summed E-state index contributed by atoms with van der Waals surface area (Å²) in [5, 5.41) is 19.1. The number of hydrogen-bond acceptors (Lipinski definition) is 11. The Morgan fingerprint density at radius 1 is 0.830 bits per heavy atom. The Morgan fingerprint density at radius 3 is 2.19 bits per heavy atom. The van der Waals surface area contributed by atoms with E-state index in [1.54, 1.807) is 38.1 Å². The molecule has 0 spiro atoms. The fourth-order valence-corrected chi connectivity index (χ4v) is 5.77. The van der Waals surface area contributed by atoms with Crippen molar-refractivity contribution in [1.82, 2.24) is 10.3 Å². The lowest BCUT2D eigenvalue weighted by molar-refractivity contribution is -0.114. The van der Waals surface area contributed by atoms with Crippen molar-refractivity contribution in [2.75, 3.05) is 28.4 Å². The standard InChI is InChI=1S/C22H21FN2.C18H25N5O5/c1-21(2)19-16(9-7-10-17(19)23)20(25-22(21,3)4)15-12-14-8-5-6-11-18(14)24-13-15;1-12(20-25-4)16(22-26-5)13(2)21-28-11-14-9-7-8-10-15(14)17(23-27-6)18(24)19-3/h5-13H,1-4H3;7-10H,11H2,1-6H3,(H,19,24)/b;20-12+,21-13+,22-16+,23-17+. The SMILES string of the molecule is CC1(C)N=C(c2cnc3ccccc3c2)c2cccc(F)c2C1(C)C.CNC(=O)/C(=N/OC)c1ccccc1CO/N=C(C)/C(=N/OC)C(/C)=N/OC. The Kier molecular flexibility index (Phi) is 13.1. The van der Waals surface area contributed by atoms with Crippen molar-refractivity contribution < 1.29 is 28.5 Å². The van der Waals surface area contributed by atoms with E-state index in [1.165, 1.54) is 34.4 Å². The molecule has 13 heteroatoms. The van der Waals surface area contributed by atoms with E-state index < -0.39 is 11.0 Å². The second-order valence-corrected chi connectivity index (χ2v) is 13.0. The summed E-state index contributed by atoms with van der Waals surface area (Å²) < 4.78 is 14.8. The second kappa shape index (κ2) is 17.5. The molecule has 0 saturated heterocycles. The number of carbonyl (C=O) groups excluding carboxylic acids is 1. The second-order valence-electron chi connectivity index (χ2n) is 13.0. The molecule has 0 unspecified atom stereocenters. The molecule has 5 rings (SSSR count). The van der Waals surface area contributed by atoms with Crippen LogP contribution in [0.15, 0.2) is 105 Å². The summed E-state index contributed by atoms with van der Waals surface area (Å²) in [5.74, 6) is -0.549. The van der Waals surface area contributed by atoms with Gasteiger partial charge in [0.2, 0.25) is 0 Å². The molecule has 0 radical (unpaired) electrons. The fraction of sp³-hybridized carbons (Fsp3) is 0.325. The Morgan fingerprint density at radius 2 is 1.49 bits per heavy atom. The van der Waals surface area contributed by atoms with Crippen LogP contribution in [-0.4, -0.2) is 73.4 Å². The zero-order valence-corrected chi connectivity index (χ0v) is 31.8. The van der Waals surface area contributed by atoms with Crippen LogP contribution in [0.1, 0.15) is 69.4 Å². The number of amides is 1. The smallest absolute Gasteiger partial charge is 0.273 e. The molecule has 3 aromatic carbocycles. The maximum atomic E-state index is 14.8. The van der Waals surface area contributed by atoms with Crippen molar-refractivity contribution in [3.8, 4) is 0 Å². The van der Waals surface area contributed by atoms with Crippen LogP contribution in [0.5, 0.6) is 0 Å².